The minimum Gasteiger partial charge on any atom is -0.327 e. The van der Waals surface area contributed by atoms with Crippen LogP contribution in [-0.2, 0) is 0 Å². The number of hydrogen-bond acceptors (Lipinski definition) is 1. The van der Waals surface area contributed by atoms with E-state index in [4.69, 9.17) is 34.8 Å². The molecule has 1 heterocycles. The summed E-state index contributed by atoms with van der Waals surface area (Å²) >= 11 is 17.5. The Kier molecular flexibility index (Phi) is 3.24. The molecule has 1 aromatic carbocycles. The molecule has 0 aliphatic heterocycles. The summed E-state index contributed by atoms with van der Waals surface area (Å²) < 4.78 is 0. The molecule has 82 valence electrons. The molecule has 0 saturated heterocycles. The van der Waals surface area contributed by atoms with Gasteiger partial charge < -0.3 is 4.98 Å². The normalized spacial score (nSPS) is 10.4. The minimum atomic E-state index is -0.234. The van der Waals surface area contributed by atoms with E-state index in [-0.39, 0.29) is 5.56 Å². The molecule has 2 nitrogen and oxygen atoms in total. The second-order valence-corrected chi connectivity index (χ2v) is 4.53. The molecule has 0 radical (unpaired) electrons. The molecular weight excluding hydrogens is 268 g/mol. The smallest absolute Gasteiger partial charge is 0.255 e. The molecule has 0 spiro atoms. The quantitative estimate of drug-likeness (QED) is 0.837. The van der Waals surface area contributed by atoms with Gasteiger partial charge in [0.25, 0.3) is 5.56 Å². The van der Waals surface area contributed by atoms with Crippen LogP contribution < -0.4 is 5.56 Å². The maximum Gasteiger partial charge on any atom is 0.255 e. The SMILES string of the molecule is O=c1[nH]cc(Cl)cc1-c1cc(Cl)cc(Cl)c1. The molecule has 0 fully saturated rings. The first kappa shape index (κ1) is 11.5. The Morgan fingerprint density at radius 3 is 2.12 bits per heavy atom. The summed E-state index contributed by atoms with van der Waals surface area (Å²) in [5, 5.41) is 1.40. The monoisotopic (exact) mass is 273 g/mol. The van der Waals surface area contributed by atoms with Crippen molar-refractivity contribution in [2.45, 2.75) is 0 Å². The van der Waals surface area contributed by atoms with Gasteiger partial charge in [0.15, 0.2) is 0 Å². The summed E-state index contributed by atoms with van der Waals surface area (Å²) in [5.74, 6) is 0. The molecule has 5 heteroatoms. The predicted molar refractivity (Wildman–Crippen MR) is 67.5 cm³/mol. The zero-order chi connectivity index (χ0) is 11.7. The molecule has 1 N–H and O–H groups in total. The van der Waals surface area contributed by atoms with E-state index in [1.54, 1.807) is 24.3 Å². The summed E-state index contributed by atoms with van der Waals surface area (Å²) in [5.41, 5.74) is 0.848. The number of halogens is 3. The van der Waals surface area contributed by atoms with Crippen molar-refractivity contribution in [3.8, 4) is 11.1 Å². The second-order valence-electron chi connectivity index (χ2n) is 3.22. The number of rotatable bonds is 1. The maximum atomic E-state index is 11.6. The molecule has 0 aliphatic rings. The third-order valence-electron chi connectivity index (χ3n) is 2.04. The van der Waals surface area contributed by atoms with Crippen LogP contribution in [0.5, 0.6) is 0 Å². The van der Waals surface area contributed by atoms with Crippen molar-refractivity contribution in [1.29, 1.82) is 0 Å². The number of nitrogens with one attached hydrogen (secondary N) is 1. The van der Waals surface area contributed by atoms with Gasteiger partial charge in [-0.3, -0.25) is 4.79 Å². The molecule has 1 aromatic heterocycles. The lowest BCUT2D eigenvalue weighted by molar-refractivity contribution is 1.24. The van der Waals surface area contributed by atoms with Crippen LogP contribution in [0.1, 0.15) is 0 Å². The number of hydrogen-bond donors (Lipinski definition) is 1. The fraction of sp³-hybridized carbons (Fsp3) is 0. The Morgan fingerprint density at radius 1 is 0.875 bits per heavy atom. The molecule has 2 aromatic rings. The molecule has 0 saturated carbocycles. The van der Waals surface area contributed by atoms with Crippen LogP contribution in [0.2, 0.25) is 15.1 Å². The first-order valence-corrected chi connectivity index (χ1v) is 5.54. The van der Waals surface area contributed by atoms with Gasteiger partial charge in [-0.2, -0.15) is 0 Å². The Hall–Kier alpha value is -0.960. The van der Waals surface area contributed by atoms with Crippen LogP contribution in [0.3, 0.4) is 0 Å². The summed E-state index contributed by atoms with van der Waals surface area (Å²) in [6.07, 6.45) is 1.43. The lowest BCUT2D eigenvalue weighted by atomic mass is 10.1. The van der Waals surface area contributed by atoms with Crippen LogP contribution in [-0.4, -0.2) is 4.98 Å². The number of aromatic nitrogens is 1. The Labute approximate surface area is 107 Å². The van der Waals surface area contributed by atoms with E-state index in [1.807, 2.05) is 0 Å². The van der Waals surface area contributed by atoms with Gasteiger partial charge in [0, 0.05) is 21.8 Å². The summed E-state index contributed by atoms with van der Waals surface area (Å²) in [7, 11) is 0. The highest BCUT2D eigenvalue weighted by molar-refractivity contribution is 6.35. The van der Waals surface area contributed by atoms with E-state index < -0.39 is 0 Å². The highest BCUT2D eigenvalue weighted by Crippen LogP contribution is 2.26. The van der Waals surface area contributed by atoms with Crippen molar-refractivity contribution in [3.05, 3.63) is 55.9 Å². The van der Waals surface area contributed by atoms with Crippen LogP contribution in [0.25, 0.3) is 11.1 Å². The highest BCUT2D eigenvalue weighted by Gasteiger charge is 2.06. The first-order valence-electron chi connectivity index (χ1n) is 4.41. The van der Waals surface area contributed by atoms with Crippen molar-refractivity contribution in [2.75, 3.05) is 0 Å². The minimum absolute atomic E-state index is 0.234. The molecule has 16 heavy (non-hydrogen) atoms. The molecule has 0 unspecified atom stereocenters. The summed E-state index contributed by atoms with van der Waals surface area (Å²) in [4.78, 5) is 14.1. The van der Waals surface area contributed by atoms with Gasteiger partial charge in [0.2, 0.25) is 0 Å². The summed E-state index contributed by atoms with van der Waals surface area (Å²) in [6.45, 7) is 0. The van der Waals surface area contributed by atoms with Crippen molar-refractivity contribution in [2.24, 2.45) is 0 Å². The van der Waals surface area contributed by atoms with Gasteiger partial charge in [-0.05, 0) is 29.8 Å². The van der Waals surface area contributed by atoms with Gasteiger partial charge in [-0.25, -0.2) is 0 Å². The van der Waals surface area contributed by atoms with Gasteiger partial charge in [-0.1, -0.05) is 34.8 Å². The Morgan fingerprint density at radius 2 is 1.50 bits per heavy atom. The number of benzene rings is 1. The average Bonchev–Trinajstić information content (AvgIpc) is 2.20. The van der Waals surface area contributed by atoms with E-state index >= 15 is 0 Å². The van der Waals surface area contributed by atoms with E-state index in [1.165, 1.54) is 6.20 Å². The fourth-order valence-electron chi connectivity index (χ4n) is 1.38. The van der Waals surface area contributed by atoms with Gasteiger partial charge in [0.1, 0.15) is 0 Å². The van der Waals surface area contributed by atoms with Crippen molar-refractivity contribution >= 4 is 34.8 Å². The van der Waals surface area contributed by atoms with E-state index in [9.17, 15) is 4.79 Å². The molecule has 0 amide bonds. The van der Waals surface area contributed by atoms with Crippen molar-refractivity contribution in [1.82, 2.24) is 4.98 Å². The van der Waals surface area contributed by atoms with E-state index in [0.29, 0.717) is 26.2 Å². The zero-order valence-corrected chi connectivity index (χ0v) is 10.2. The van der Waals surface area contributed by atoms with Crippen LogP contribution in [0.4, 0.5) is 0 Å². The Bertz CT molecular complexity index is 572. The molecule has 0 atom stereocenters. The predicted octanol–water partition coefficient (Wildman–Crippen LogP) is 4.00. The average molecular weight is 275 g/mol. The molecule has 2 rings (SSSR count). The highest BCUT2D eigenvalue weighted by atomic mass is 35.5. The lowest BCUT2D eigenvalue weighted by Gasteiger charge is -2.02. The third kappa shape index (κ3) is 2.40. The fourth-order valence-corrected chi connectivity index (χ4v) is 2.07. The van der Waals surface area contributed by atoms with Gasteiger partial charge in [0.05, 0.1) is 5.02 Å². The molecular formula is C11H6Cl3NO. The van der Waals surface area contributed by atoms with Crippen molar-refractivity contribution < 1.29 is 0 Å². The molecule has 0 aliphatic carbocycles. The van der Waals surface area contributed by atoms with E-state index in [2.05, 4.69) is 4.98 Å². The zero-order valence-electron chi connectivity index (χ0n) is 7.93. The summed E-state index contributed by atoms with van der Waals surface area (Å²) in [6, 6.07) is 6.50. The number of H-pyrrole nitrogens is 1. The lowest BCUT2D eigenvalue weighted by Crippen LogP contribution is -2.07. The standard InChI is InChI=1S/C11H6Cl3NO/c12-7-1-6(2-8(13)3-7)10-4-9(14)5-15-11(10)16/h1-5H,(H,15,16). The first-order chi connectivity index (χ1) is 7.56. The topological polar surface area (TPSA) is 32.9 Å². The van der Waals surface area contributed by atoms with Crippen LogP contribution in [0, 0.1) is 0 Å². The van der Waals surface area contributed by atoms with Crippen LogP contribution in [0.15, 0.2) is 35.3 Å². The number of aromatic amines is 1. The second kappa shape index (κ2) is 4.50. The van der Waals surface area contributed by atoms with Gasteiger partial charge >= 0.3 is 0 Å². The number of pyridine rings is 1. The maximum absolute atomic E-state index is 11.6. The van der Waals surface area contributed by atoms with Gasteiger partial charge in [-0.15, -0.1) is 0 Å². The Balaban J connectivity index is 2.67. The van der Waals surface area contributed by atoms with Crippen LogP contribution >= 0.6 is 34.8 Å². The third-order valence-corrected chi connectivity index (χ3v) is 2.70. The van der Waals surface area contributed by atoms with E-state index in [0.717, 1.165) is 0 Å². The van der Waals surface area contributed by atoms with Crippen molar-refractivity contribution in [3.63, 3.8) is 0 Å². The largest absolute Gasteiger partial charge is 0.327 e. The molecule has 0 bridgehead atoms.